The summed E-state index contributed by atoms with van der Waals surface area (Å²) in [4.78, 5) is 4.36. The highest BCUT2D eigenvalue weighted by atomic mass is 79.9. The monoisotopic (exact) mass is 317 g/mol. The van der Waals surface area contributed by atoms with Crippen LogP contribution in [-0.2, 0) is 6.42 Å². The molecule has 0 amide bonds. The average molecular weight is 318 g/mol. The number of nitrogens with one attached hydrogen (secondary N) is 1. The van der Waals surface area contributed by atoms with Gasteiger partial charge in [0.2, 0.25) is 0 Å². The van der Waals surface area contributed by atoms with Gasteiger partial charge in [0, 0.05) is 39.8 Å². The van der Waals surface area contributed by atoms with Crippen LogP contribution in [0.5, 0.6) is 0 Å². The molecule has 3 nitrogen and oxygen atoms in total. The third kappa shape index (κ3) is 5.86. The maximum absolute atomic E-state index is 5.58. The van der Waals surface area contributed by atoms with E-state index in [0.29, 0.717) is 5.25 Å². The Kier molecular flexibility index (Phi) is 7.11. The molecule has 1 aromatic rings. The number of hydrazine groups is 1. The number of hydrogen-bond donors (Lipinski definition) is 2. The van der Waals surface area contributed by atoms with Crippen LogP contribution in [0.2, 0.25) is 0 Å². The highest BCUT2D eigenvalue weighted by molar-refractivity contribution is 9.10. The van der Waals surface area contributed by atoms with Crippen molar-refractivity contribution in [3.8, 4) is 0 Å². The number of hydrogen-bond acceptors (Lipinski definition) is 4. The van der Waals surface area contributed by atoms with Gasteiger partial charge in [-0.2, -0.15) is 11.8 Å². The fourth-order valence-corrected chi connectivity index (χ4v) is 2.59. The molecule has 1 heterocycles. The Morgan fingerprint density at radius 1 is 1.53 bits per heavy atom. The summed E-state index contributed by atoms with van der Waals surface area (Å²) < 4.78 is 1.01. The zero-order valence-electron chi connectivity index (χ0n) is 10.3. The van der Waals surface area contributed by atoms with Crippen LogP contribution in [0.3, 0.4) is 0 Å². The van der Waals surface area contributed by atoms with Gasteiger partial charge in [-0.1, -0.05) is 13.8 Å². The first-order valence-electron chi connectivity index (χ1n) is 5.83. The van der Waals surface area contributed by atoms with Crippen molar-refractivity contribution in [2.45, 2.75) is 38.0 Å². The number of pyridine rings is 1. The second kappa shape index (κ2) is 8.08. The Balaban J connectivity index is 2.43. The number of thioether (sulfide) groups is 1. The molecule has 0 aliphatic carbocycles. The van der Waals surface area contributed by atoms with Gasteiger partial charge >= 0.3 is 0 Å². The Morgan fingerprint density at radius 2 is 2.29 bits per heavy atom. The predicted octanol–water partition coefficient (Wildman–Crippen LogP) is 2.75. The lowest BCUT2D eigenvalue weighted by molar-refractivity contribution is 0.568. The van der Waals surface area contributed by atoms with Crippen molar-refractivity contribution in [3.63, 3.8) is 0 Å². The van der Waals surface area contributed by atoms with Gasteiger partial charge in [0.05, 0.1) is 0 Å². The van der Waals surface area contributed by atoms with Crippen LogP contribution in [0.4, 0.5) is 0 Å². The zero-order chi connectivity index (χ0) is 12.7. The van der Waals surface area contributed by atoms with Gasteiger partial charge in [-0.05, 0) is 34.5 Å². The fraction of sp³-hybridized carbons (Fsp3) is 0.583. The predicted molar refractivity (Wildman–Crippen MR) is 79.0 cm³/mol. The second-order valence-electron chi connectivity index (χ2n) is 4.09. The van der Waals surface area contributed by atoms with E-state index >= 15 is 0 Å². The lowest BCUT2D eigenvalue weighted by atomic mass is 10.2. The summed E-state index contributed by atoms with van der Waals surface area (Å²) in [6.45, 7) is 4.45. The van der Waals surface area contributed by atoms with Gasteiger partial charge in [-0.3, -0.25) is 16.3 Å². The zero-order valence-corrected chi connectivity index (χ0v) is 12.7. The fourth-order valence-electron chi connectivity index (χ4n) is 1.34. The molecule has 0 saturated carbocycles. The summed E-state index contributed by atoms with van der Waals surface area (Å²) in [5, 5.41) is 0.684. The molecule has 0 spiro atoms. The van der Waals surface area contributed by atoms with Crippen LogP contribution < -0.4 is 11.3 Å². The highest BCUT2D eigenvalue weighted by Crippen LogP contribution is 2.16. The number of rotatable bonds is 7. The van der Waals surface area contributed by atoms with Gasteiger partial charge in [-0.15, -0.1) is 0 Å². The summed E-state index contributed by atoms with van der Waals surface area (Å²) in [5.74, 6) is 6.59. The van der Waals surface area contributed by atoms with Crippen molar-refractivity contribution in [1.29, 1.82) is 0 Å². The first kappa shape index (κ1) is 15.0. The average Bonchev–Trinajstić information content (AvgIpc) is 2.36. The normalized spacial score (nSPS) is 14.6. The van der Waals surface area contributed by atoms with Gasteiger partial charge in [0.1, 0.15) is 0 Å². The molecular weight excluding hydrogens is 298 g/mol. The summed E-state index contributed by atoms with van der Waals surface area (Å²) in [5.41, 5.74) is 3.94. The Hall–Kier alpha value is -0.100. The largest absolute Gasteiger partial charge is 0.271 e. The van der Waals surface area contributed by atoms with Crippen LogP contribution >= 0.6 is 27.7 Å². The van der Waals surface area contributed by atoms with Crippen molar-refractivity contribution >= 4 is 27.7 Å². The highest BCUT2D eigenvalue weighted by Gasteiger charge is 2.10. The van der Waals surface area contributed by atoms with E-state index < -0.39 is 0 Å². The lowest BCUT2D eigenvalue weighted by Gasteiger charge is -2.17. The molecule has 2 unspecified atom stereocenters. The summed E-state index contributed by atoms with van der Waals surface area (Å²) in [7, 11) is 0. The number of nitrogens with zero attached hydrogens (tertiary/aromatic N) is 1. The van der Waals surface area contributed by atoms with E-state index in [1.807, 2.05) is 30.1 Å². The molecule has 2 atom stereocenters. The number of aromatic nitrogens is 1. The van der Waals surface area contributed by atoms with Crippen LogP contribution in [0.1, 0.15) is 26.0 Å². The molecule has 3 N–H and O–H groups in total. The maximum atomic E-state index is 5.58. The molecule has 0 aromatic carbocycles. The minimum Gasteiger partial charge on any atom is -0.271 e. The van der Waals surface area contributed by atoms with Crippen LogP contribution in [0.25, 0.3) is 0 Å². The first-order chi connectivity index (χ1) is 8.15. The Bertz CT molecular complexity index is 318. The summed E-state index contributed by atoms with van der Waals surface area (Å²) in [6.07, 6.45) is 3.89. The lowest BCUT2D eigenvalue weighted by Crippen LogP contribution is -2.39. The van der Waals surface area contributed by atoms with Crippen LogP contribution in [0.15, 0.2) is 22.8 Å². The van der Waals surface area contributed by atoms with Gasteiger partial charge in [-0.25, -0.2) is 0 Å². The van der Waals surface area contributed by atoms with E-state index in [2.05, 4.69) is 40.2 Å². The number of halogens is 1. The Morgan fingerprint density at radius 3 is 2.82 bits per heavy atom. The molecule has 0 fully saturated rings. The molecule has 17 heavy (non-hydrogen) atoms. The third-order valence-corrected chi connectivity index (χ3v) is 4.60. The van der Waals surface area contributed by atoms with E-state index in [1.54, 1.807) is 0 Å². The molecule has 1 aromatic heterocycles. The van der Waals surface area contributed by atoms with E-state index in [0.717, 1.165) is 22.3 Å². The maximum Gasteiger partial charge on any atom is 0.0420 e. The Labute approximate surface area is 116 Å². The second-order valence-corrected chi connectivity index (χ2v) is 6.47. The summed E-state index contributed by atoms with van der Waals surface area (Å²) in [6, 6.07) is 4.32. The van der Waals surface area contributed by atoms with E-state index in [4.69, 9.17) is 5.84 Å². The van der Waals surface area contributed by atoms with Crippen LogP contribution in [0, 0.1) is 0 Å². The van der Waals surface area contributed by atoms with E-state index in [1.165, 1.54) is 6.42 Å². The molecule has 0 bridgehead atoms. The first-order valence-corrected chi connectivity index (χ1v) is 7.68. The minimum atomic E-state index is 0.280. The van der Waals surface area contributed by atoms with E-state index in [9.17, 15) is 0 Å². The van der Waals surface area contributed by atoms with Gasteiger partial charge in [0.25, 0.3) is 0 Å². The molecule has 0 radical (unpaired) electrons. The van der Waals surface area contributed by atoms with Gasteiger partial charge in [0.15, 0.2) is 0 Å². The third-order valence-electron chi connectivity index (χ3n) is 2.64. The van der Waals surface area contributed by atoms with Crippen molar-refractivity contribution in [3.05, 3.63) is 28.5 Å². The number of nitrogens with two attached hydrogens (primary N) is 1. The molecule has 96 valence electrons. The molecular formula is C12H20BrN3S. The van der Waals surface area contributed by atoms with Crippen molar-refractivity contribution < 1.29 is 0 Å². The molecule has 0 saturated heterocycles. The SMILES string of the molecule is CCC(C)SCC(Cc1ccc(Br)cn1)NN. The smallest absolute Gasteiger partial charge is 0.0420 e. The molecule has 0 aliphatic heterocycles. The topological polar surface area (TPSA) is 50.9 Å². The van der Waals surface area contributed by atoms with Crippen molar-refractivity contribution in [2.75, 3.05) is 5.75 Å². The van der Waals surface area contributed by atoms with Gasteiger partial charge < -0.3 is 0 Å². The van der Waals surface area contributed by atoms with Crippen LogP contribution in [-0.4, -0.2) is 22.0 Å². The standard InChI is InChI=1S/C12H20BrN3S/c1-3-9(2)17-8-12(16-14)6-11-5-4-10(13)7-15-11/h4-5,7,9,12,16H,3,6,8,14H2,1-2H3. The molecule has 1 rings (SSSR count). The molecule has 5 heteroatoms. The van der Waals surface area contributed by atoms with Crippen molar-refractivity contribution in [1.82, 2.24) is 10.4 Å². The minimum absolute atomic E-state index is 0.280. The quantitative estimate of drug-likeness (QED) is 0.599. The van der Waals surface area contributed by atoms with Crippen molar-refractivity contribution in [2.24, 2.45) is 5.84 Å². The molecule has 0 aliphatic rings. The van der Waals surface area contributed by atoms with E-state index in [-0.39, 0.29) is 6.04 Å². The summed E-state index contributed by atoms with van der Waals surface area (Å²) >= 11 is 5.33.